The van der Waals surface area contributed by atoms with Crippen molar-refractivity contribution in [1.29, 1.82) is 0 Å². The summed E-state index contributed by atoms with van der Waals surface area (Å²) in [6.45, 7) is 8.02. The van der Waals surface area contributed by atoms with Crippen LogP contribution in [0.2, 0.25) is 0 Å². The van der Waals surface area contributed by atoms with Gasteiger partial charge < -0.3 is 10.6 Å². The van der Waals surface area contributed by atoms with E-state index in [0.29, 0.717) is 24.8 Å². The monoisotopic (exact) mass is 253 g/mol. The van der Waals surface area contributed by atoms with E-state index >= 15 is 0 Å². The van der Waals surface area contributed by atoms with Crippen LogP contribution in [0.1, 0.15) is 32.6 Å². The number of amides is 1. The topological polar surface area (TPSA) is 49.6 Å². The summed E-state index contributed by atoms with van der Waals surface area (Å²) in [4.78, 5) is 16.6. The quantitative estimate of drug-likeness (QED) is 0.765. The lowest BCUT2D eigenvalue weighted by Gasteiger charge is -2.35. The highest BCUT2D eigenvalue weighted by atomic mass is 16.2. The number of carbonyl (C=O) groups excluding carboxylic acids is 1. The fourth-order valence-corrected chi connectivity index (χ4v) is 2.49. The van der Waals surface area contributed by atoms with Crippen molar-refractivity contribution < 1.29 is 4.79 Å². The van der Waals surface area contributed by atoms with Crippen molar-refractivity contribution in [2.75, 3.05) is 39.3 Å². The van der Waals surface area contributed by atoms with Crippen molar-refractivity contribution in [2.45, 2.75) is 32.6 Å². The maximum absolute atomic E-state index is 12.0. The summed E-state index contributed by atoms with van der Waals surface area (Å²) in [5, 5.41) is 0. The Morgan fingerprint density at radius 3 is 2.50 bits per heavy atom. The van der Waals surface area contributed by atoms with E-state index < -0.39 is 0 Å². The van der Waals surface area contributed by atoms with Crippen LogP contribution in [0, 0.1) is 11.8 Å². The fraction of sp³-hybridized carbons (Fsp3) is 0.929. The molecule has 0 aromatic carbocycles. The number of hydrogen-bond acceptors (Lipinski definition) is 3. The molecule has 1 aliphatic carbocycles. The van der Waals surface area contributed by atoms with E-state index in [1.807, 2.05) is 4.90 Å². The maximum atomic E-state index is 12.0. The van der Waals surface area contributed by atoms with Gasteiger partial charge in [-0.15, -0.1) is 0 Å². The second-order valence-corrected chi connectivity index (χ2v) is 6.00. The van der Waals surface area contributed by atoms with Crippen LogP contribution < -0.4 is 5.73 Å². The molecule has 0 spiro atoms. The van der Waals surface area contributed by atoms with Crippen molar-refractivity contribution >= 4 is 5.91 Å². The molecule has 1 unspecified atom stereocenters. The van der Waals surface area contributed by atoms with Crippen LogP contribution in [0.3, 0.4) is 0 Å². The molecule has 0 bridgehead atoms. The first-order chi connectivity index (χ1) is 8.69. The molecular weight excluding hydrogens is 226 g/mol. The molecule has 2 aliphatic rings. The molecule has 1 aliphatic heterocycles. The maximum Gasteiger partial charge on any atom is 0.222 e. The van der Waals surface area contributed by atoms with E-state index in [1.165, 1.54) is 19.4 Å². The minimum Gasteiger partial charge on any atom is -0.340 e. The van der Waals surface area contributed by atoms with Crippen molar-refractivity contribution in [2.24, 2.45) is 17.6 Å². The summed E-state index contributed by atoms with van der Waals surface area (Å²) in [7, 11) is 0. The van der Waals surface area contributed by atoms with E-state index in [1.54, 1.807) is 0 Å². The molecule has 2 fully saturated rings. The molecular formula is C14H27N3O. The van der Waals surface area contributed by atoms with Crippen LogP contribution in [0.5, 0.6) is 0 Å². The zero-order chi connectivity index (χ0) is 13.0. The SMILES string of the molecule is CC(CN)CCC(=O)N1CCN(CC2CC2)CC1. The lowest BCUT2D eigenvalue weighted by molar-refractivity contribution is -0.133. The van der Waals surface area contributed by atoms with Crippen LogP contribution in [0.4, 0.5) is 0 Å². The highest BCUT2D eigenvalue weighted by Gasteiger charge is 2.27. The van der Waals surface area contributed by atoms with Gasteiger partial charge in [-0.2, -0.15) is 0 Å². The average Bonchev–Trinajstić information content (AvgIpc) is 3.20. The second kappa shape index (κ2) is 6.53. The van der Waals surface area contributed by atoms with Gasteiger partial charge in [-0.05, 0) is 37.6 Å². The molecule has 18 heavy (non-hydrogen) atoms. The van der Waals surface area contributed by atoms with E-state index in [4.69, 9.17) is 5.73 Å². The summed E-state index contributed by atoms with van der Waals surface area (Å²) in [5.41, 5.74) is 5.58. The van der Waals surface area contributed by atoms with Crippen molar-refractivity contribution in [3.05, 3.63) is 0 Å². The van der Waals surface area contributed by atoms with Crippen LogP contribution in [0.25, 0.3) is 0 Å². The number of hydrogen-bond donors (Lipinski definition) is 1. The van der Waals surface area contributed by atoms with Gasteiger partial charge in [-0.1, -0.05) is 6.92 Å². The standard InChI is InChI=1S/C14H27N3O/c1-12(10-15)2-5-14(18)17-8-6-16(7-9-17)11-13-3-4-13/h12-13H,2-11,15H2,1H3. The number of piperazine rings is 1. The van der Waals surface area contributed by atoms with Gasteiger partial charge in [0.25, 0.3) is 0 Å². The first kappa shape index (κ1) is 13.8. The van der Waals surface area contributed by atoms with Crippen LogP contribution in [-0.2, 0) is 4.79 Å². The summed E-state index contributed by atoms with van der Waals surface area (Å²) >= 11 is 0. The molecule has 0 aromatic rings. The van der Waals surface area contributed by atoms with Crippen molar-refractivity contribution in [3.8, 4) is 0 Å². The zero-order valence-electron chi connectivity index (χ0n) is 11.6. The predicted molar refractivity (Wildman–Crippen MR) is 73.2 cm³/mol. The van der Waals surface area contributed by atoms with Gasteiger partial charge in [-0.25, -0.2) is 0 Å². The summed E-state index contributed by atoms with van der Waals surface area (Å²) in [6, 6.07) is 0. The first-order valence-electron chi connectivity index (χ1n) is 7.39. The molecule has 1 saturated carbocycles. The van der Waals surface area contributed by atoms with Gasteiger partial charge in [0.1, 0.15) is 0 Å². The number of rotatable bonds is 6. The Balaban J connectivity index is 1.63. The van der Waals surface area contributed by atoms with Crippen molar-refractivity contribution in [3.63, 3.8) is 0 Å². The lowest BCUT2D eigenvalue weighted by Crippen LogP contribution is -2.49. The molecule has 4 nitrogen and oxygen atoms in total. The molecule has 1 atom stereocenters. The molecule has 2 rings (SSSR count). The third-order valence-corrected chi connectivity index (χ3v) is 4.19. The van der Waals surface area contributed by atoms with E-state index in [2.05, 4.69) is 11.8 Å². The highest BCUT2D eigenvalue weighted by molar-refractivity contribution is 5.76. The van der Waals surface area contributed by atoms with Gasteiger partial charge in [-0.3, -0.25) is 9.69 Å². The summed E-state index contributed by atoms with van der Waals surface area (Å²) < 4.78 is 0. The first-order valence-corrected chi connectivity index (χ1v) is 7.39. The summed E-state index contributed by atoms with van der Waals surface area (Å²) in [5.74, 6) is 1.74. The Labute approximate surface area is 110 Å². The number of carbonyl (C=O) groups is 1. The Hall–Kier alpha value is -0.610. The molecule has 4 heteroatoms. The fourth-order valence-electron chi connectivity index (χ4n) is 2.49. The lowest BCUT2D eigenvalue weighted by atomic mass is 10.1. The average molecular weight is 253 g/mol. The van der Waals surface area contributed by atoms with E-state index in [9.17, 15) is 4.79 Å². The van der Waals surface area contributed by atoms with Gasteiger partial charge in [0.15, 0.2) is 0 Å². The number of nitrogens with zero attached hydrogens (tertiary/aromatic N) is 2. The highest BCUT2D eigenvalue weighted by Crippen LogP contribution is 2.29. The molecule has 1 amide bonds. The van der Waals surface area contributed by atoms with Gasteiger partial charge >= 0.3 is 0 Å². The Bertz CT molecular complexity index is 270. The number of nitrogens with two attached hydrogens (primary N) is 1. The third kappa shape index (κ3) is 4.25. The molecule has 2 N–H and O–H groups in total. The van der Waals surface area contributed by atoms with Gasteiger partial charge in [0, 0.05) is 39.1 Å². The molecule has 0 radical (unpaired) electrons. The normalized spacial score (nSPS) is 23.1. The zero-order valence-corrected chi connectivity index (χ0v) is 11.6. The Kier molecular flexibility index (Phi) is 5.01. The molecule has 1 heterocycles. The molecule has 0 aromatic heterocycles. The largest absolute Gasteiger partial charge is 0.340 e. The second-order valence-electron chi connectivity index (χ2n) is 6.00. The van der Waals surface area contributed by atoms with E-state index in [-0.39, 0.29) is 0 Å². The molecule has 104 valence electrons. The van der Waals surface area contributed by atoms with E-state index in [0.717, 1.165) is 38.5 Å². The minimum atomic E-state index is 0.321. The molecule has 1 saturated heterocycles. The van der Waals surface area contributed by atoms with Gasteiger partial charge in [0.2, 0.25) is 5.91 Å². The van der Waals surface area contributed by atoms with Gasteiger partial charge in [0.05, 0.1) is 0 Å². The summed E-state index contributed by atoms with van der Waals surface area (Å²) in [6.07, 6.45) is 4.42. The predicted octanol–water partition coefficient (Wildman–Crippen LogP) is 0.916. The Morgan fingerprint density at radius 1 is 1.28 bits per heavy atom. The van der Waals surface area contributed by atoms with Crippen LogP contribution in [-0.4, -0.2) is 55.0 Å². The third-order valence-electron chi connectivity index (χ3n) is 4.19. The van der Waals surface area contributed by atoms with Crippen molar-refractivity contribution in [1.82, 2.24) is 9.80 Å². The smallest absolute Gasteiger partial charge is 0.222 e. The Morgan fingerprint density at radius 2 is 1.94 bits per heavy atom. The van der Waals surface area contributed by atoms with Crippen LogP contribution in [0.15, 0.2) is 0 Å². The van der Waals surface area contributed by atoms with Crippen LogP contribution >= 0.6 is 0 Å². The minimum absolute atomic E-state index is 0.321.